The average molecular weight is 391 g/mol. The van der Waals surface area contributed by atoms with Gasteiger partial charge in [0.05, 0.1) is 12.2 Å². The number of hydrogen-bond acceptors (Lipinski definition) is 3. The van der Waals surface area contributed by atoms with E-state index in [1.807, 2.05) is 37.2 Å². The summed E-state index contributed by atoms with van der Waals surface area (Å²) in [5, 5.41) is 6.60. The number of rotatable bonds is 5. The molecule has 0 saturated heterocycles. The van der Waals surface area contributed by atoms with E-state index >= 15 is 0 Å². The molecule has 0 bridgehead atoms. The number of guanidine groups is 1. The van der Waals surface area contributed by atoms with Crippen molar-refractivity contribution in [3.8, 4) is 0 Å². The van der Waals surface area contributed by atoms with Crippen LogP contribution in [-0.4, -0.2) is 38.1 Å². The lowest BCUT2D eigenvalue weighted by Crippen LogP contribution is -2.41. The van der Waals surface area contributed by atoms with Crippen molar-refractivity contribution in [2.24, 2.45) is 4.99 Å². The van der Waals surface area contributed by atoms with Gasteiger partial charge in [-0.15, -0.1) is 24.0 Å². The first kappa shape index (κ1) is 18.9. The molecule has 1 unspecified atom stereocenters. The van der Waals surface area contributed by atoms with Crippen LogP contribution >= 0.6 is 24.0 Å². The molecule has 1 heterocycles. The van der Waals surface area contributed by atoms with Gasteiger partial charge in [0.1, 0.15) is 5.82 Å². The van der Waals surface area contributed by atoms with Crippen molar-refractivity contribution in [1.82, 2.24) is 15.6 Å². The second kappa shape index (κ2) is 9.79. The van der Waals surface area contributed by atoms with E-state index in [4.69, 9.17) is 0 Å². The van der Waals surface area contributed by atoms with Crippen LogP contribution in [0.15, 0.2) is 23.2 Å². The van der Waals surface area contributed by atoms with Crippen molar-refractivity contribution in [3.05, 3.63) is 23.9 Å². The molecule has 0 fully saturated rings. The Hall–Kier alpha value is -1.05. The molecule has 0 amide bonds. The van der Waals surface area contributed by atoms with Crippen LogP contribution in [0, 0.1) is 0 Å². The largest absolute Gasteiger partial charge is 0.363 e. The molecule has 0 aromatic carbocycles. The van der Waals surface area contributed by atoms with E-state index in [2.05, 4.69) is 34.5 Å². The number of nitrogens with zero attached hydrogens (tertiary/aromatic N) is 3. The SMILES string of the molecule is CCC(C)NC(=NC)NCc1cccc(N(C)C)n1.I. The first-order valence-corrected chi connectivity index (χ1v) is 6.67. The molecule has 1 atom stereocenters. The predicted octanol–water partition coefficient (Wildman–Crippen LogP) is 2.23. The van der Waals surface area contributed by atoms with Gasteiger partial charge in [0.2, 0.25) is 0 Å². The molecule has 0 saturated carbocycles. The van der Waals surface area contributed by atoms with E-state index < -0.39 is 0 Å². The van der Waals surface area contributed by atoms with Crippen molar-refractivity contribution in [3.63, 3.8) is 0 Å². The summed E-state index contributed by atoms with van der Waals surface area (Å²) in [6, 6.07) is 6.43. The zero-order valence-corrected chi connectivity index (χ0v) is 15.3. The van der Waals surface area contributed by atoms with Gasteiger partial charge in [0.15, 0.2) is 5.96 Å². The second-order valence-corrected chi connectivity index (χ2v) is 4.76. The van der Waals surface area contributed by atoms with Gasteiger partial charge in [-0.25, -0.2) is 4.98 Å². The summed E-state index contributed by atoms with van der Waals surface area (Å²) in [6.07, 6.45) is 1.06. The van der Waals surface area contributed by atoms with E-state index in [9.17, 15) is 0 Å². The number of nitrogens with one attached hydrogen (secondary N) is 2. The van der Waals surface area contributed by atoms with Crippen molar-refractivity contribution >= 4 is 35.8 Å². The first-order chi connectivity index (χ1) is 9.06. The summed E-state index contributed by atoms with van der Waals surface area (Å²) in [7, 11) is 5.76. The predicted molar refractivity (Wildman–Crippen MR) is 97.1 cm³/mol. The molecule has 20 heavy (non-hydrogen) atoms. The molecule has 5 nitrogen and oxygen atoms in total. The summed E-state index contributed by atoms with van der Waals surface area (Å²) in [6.45, 7) is 4.95. The Morgan fingerprint density at radius 1 is 1.40 bits per heavy atom. The van der Waals surface area contributed by atoms with Crippen LogP contribution in [0.25, 0.3) is 0 Å². The zero-order valence-electron chi connectivity index (χ0n) is 13.0. The summed E-state index contributed by atoms with van der Waals surface area (Å²) in [5.41, 5.74) is 0.998. The van der Waals surface area contributed by atoms with Gasteiger partial charge in [0.25, 0.3) is 0 Å². The number of pyridine rings is 1. The molecule has 1 aromatic heterocycles. The normalized spacial score (nSPS) is 12.3. The maximum absolute atomic E-state index is 4.56. The van der Waals surface area contributed by atoms with Crippen molar-refractivity contribution in [2.75, 3.05) is 26.0 Å². The van der Waals surface area contributed by atoms with Gasteiger partial charge < -0.3 is 15.5 Å². The third kappa shape index (κ3) is 6.40. The molecular weight excluding hydrogens is 365 g/mol. The summed E-state index contributed by atoms with van der Waals surface area (Å²) in [5.74, 6) is 1.77. The van der Waals surface area contributed by atoms with Gasteiger partial charge in [-0.3, -0.25) is 4.99 Å². The molecule has 2 N–H and O–H groups in total. The highest BCUT2D eigenvalue weighted by atomic mass is 127. The quantitative estimate of drug-likeness (QED) is 0.459. The van der Waals surface area contributed by atoms with Crippen molar-refractivity contribution in [1.29, 1.82) is 0 Å². The van der Waals surface area contributed by atoms with Gasteiger partial charge >= 0.3 is 0 Å². The van der Waals surface area contributed by atoms with E-state index in [1.54, 1.807) is 7.05 Å². The molecule has 1 aromatic rings. The fourth-order valence-corrected chi connectivity index (χ4v) is 1.52. The van der Waals surface area contributed by atoms with Crippen molar-refractivity contribution < 1.29 is 0 Å². The van der Waals surface area contributed by atoms with Crippen LogP contribution in [0.5, 0.6) is 0 Å². The minimum atomic E-state index is 0. The van der Waals surface area contributed by atoms with Gasteiger partial charge in [0, 0.05) is 27.2 Å². The molecule has 0 spiro atoms. The Bertz CT molecular complexity index is 420. The third-order valence-electron chi connectivity index (χ3n) is 2.91. The Labute approximate surface area is 139 Å². The molecule has 0 aliphatic rings. The average Bonchev–Trinajstić information content (AvgIpc) is 2.43. The lowest BCUT2D eigenvalue weighted by Gasteiger charge is -2.17. The molecule has 0 aliphatic carbocycles. The van der Waals surface area contributed by atoms with Crippen molar-refractivity contribution in [2.45, 2.75) is 32.9 Å². The minimum absolute atomic E-state index is 0. The number of aromatic nitrogens is 1. The van der Waals surface area contributed by atoms with Crippen LogP contribution in [0.4, 0.5) is 5.82 Å². The van der Waals surface area contributed by atoms with Gasteiger partial charge in [-0.1, -0.05) is 13.0 Å². The maximum Gasteiger partial charge on any atom is 0.191 e. The van der Waals surface area contributed by atoms with Crippen LogP contribution in [0.1, 0.15) is 26.0 Å². The molecular formula is C14H26IN5. The van der Waals surface area contributed by atoms with E-state index in [-0.39, 0.29) is 24.0 Å². The highest BCUT2D eigenvalue weighted by Crippen LogP contribution is 2.07. The Kier molecular flexibility index (Phi) is 9.28. The monoisotopic (exact) mass is 391 g/mol. The smallest absolute Gasteiger partial charge is 0.191 e. The molecule has 0 radical (unpaired) electrons. The van der Waals surface area contributed by atoms with E-state index in [0.29, 0.717) is 12.6 Å². The highest BCUT2D eigenvalue weighted by Gasteiger charge is 2.04. The highest BCUT2D eigenvalue weighted by molar-refractivity contribution is 14.0. The minimum Gasteiger partial charge on any atom is -0.363 e. The summed E-state index contributed by atoms with van der Waals surface area (Å²) in [4.78, 5) is 10.8. The molecule has 6 heteroatoms. The van der Waals surface area contributed by atoms with Crippen LogP contribution in [0.2, 0.25) is 0 Å². The second-order valence-electron chi connectivity index (χ2n) is 4.76. The van der Waals surface area contributed by atoms with Crippen LogP contribution in [-0.2, 0) is 6.54 Å². The topological polar surface area (TPSA) is 52.6 Å². The van der Waals surface area contributed by atoms with Gasteiger partial charge in [-0.05, 0) is 25.5 Å². The zero-order chi connectivity index (χ0) is 14.3. The molecule has 0 aliphatic heterocycles. The molecule has 1 rings (SSSR count). The number of anilines is 1. The van der Waals surface area contributed by atoms with Crippen LogP contribution in [0.3, 0.4) is 0 Å². The Balaban J connectivity index is 0.00000361. The summed E-state index contributed by atoms with van der Waals surface area (Å²) >= 11 is 0. The standard InChI is InChI=1S/C14H25N5.HI/c1-6-11(2)17-14(15-3)16-10-12-8-7-9-13(18-12)19(4)5;/h7-9,11H,6,10H2,1-5H3,(H2,15,16,17);1H. The lowest BCUT2D eigenvalue weighted by atomic mass is 10.3. The number of hydrogen-bond donors (Lipinski definition) is 2. The van der Waals surface area contributed by atoms with Crippen LogP contribution < -0.4 is 15.5 Å². The Morgan fingerprint density at radius 3 is 2.65 bits per heavy atom. The van der Waals surface area contributed by atoms with E-state index in [0.717, 1.165) is 23.9 Å². The maximum atomic E-state index is 4.56. The third-order valence-corrected chi connectivity index (χ3v) is 2.91. The molecule has 114 valence electrons. The lowest BCUT2D eigenvalue weighted by molar-refractivity contribution is 0.623. The summed E-state index contributed by atoms with van der Waals surface area (Å²) < 4.78 is 0. The first-order valence-electron chi connectivity index (χ1n) is 6.67. The van der Waals surface area contributed by atoms with Gasteiger partial charge in [-0.2, -0.15) is 0 Å². The van der Waals surface area contributed by atoms with E-state index in [1.165, 1.54) is 0 Å². The Morgan fingerprint density at radius 2 is 2.10 bits per heavy atom. The number of halogens is 1. The fraction of sp³-hybridized carbons (Fsp3) is 0.571. The number of aliphatic imine (C=N–C) groups is 1. The fourth-order valence-electron chi connectivity index (χ4n) is 1.52.